The van der Waals surface area contributed by atoms with E-state index in [-0.39, 0.29) is 11.5 Å². The van der Waals surface area contributed by atoms with Gasteiger partial charge in [0.05, 0.1) is 5.69 Å². The molecule has 1 aromatic heterocycles. The SMILES string of the molecule is CCCNCc1sc(C(CC)OCC)nc1C(C)(C)C. The largest absolute Gasteiger partial charge is 0.371 e. The van der Waals surface area contributed by atoms with Crippen LogP contribution in [0.4, 0.5) is 0 Å². The molecule has 1 N–H and O–H groups in total. The molecule has 1 rings (SSSR count). The molecule has 20 heavy (non-hydrogen) atoms. The second-order valence-corrected chi connectivity index (χ2v) is 7.22. The number of aromatic nitrogens is 1. The third-order valence-electron chi connectivity index (χ3n) is 3.15. The van der Waals surface area contributed by atoms with E-state index in [0.29, 0.717) is 0 Å². The average molecular weight is 298 g/mol. The molecule has 0 bridgehead atoms. The maximum Gasteiger partial charge on any atom is 0.122 e. The average Bonchev–Trinajstić information content (AvgIpc) is 2.80. The molecule has 0 fully saturated rings. The van der Waals surface area contributed by atoms with Crippen molar-refractivity contribution in [1.82, 2.24) is 10.3 Å². The molecule has 0 radical (unpaired) electrons. The maximum absolute atomic E-state index is 5.81. The van der Waals surface area contributed by atoms with E-state index < -0.39 is 0 Å². The van der Waals surface area contributed by atoms with Gasteiger partial charge in [0.1, 0.15) is 11.1 Å². The summed E-state index contributed by atoms with van der Waals surface area (Å²) in [6.07, 6.45) is 2.28. The van der Waals surface area contributed by atoms with Crippen LogP contribution in [0, 0.1) is 0 Å². The summed E-state index contributed by atoms with van der Waals surface area (Å²) >= 11 is 1.81. The molecule has 1 atom stereocenters. The number of ether oxygens (including phenoxy) is 1. The van der Waals surface area contributed by atoms with Gasteiger partial charge in [-0.2, -0.15) is 0 Å². The lowest BCUT2D eigenvalue weighted by atomic mass is 9.91. The predicted octanol–water partition coefficient (Wildman–Crippen LogP) is 4.43. The molecule has 1 aromatic rings. The summed E-state index contributed by atoms with van der Waals surface area (Å²) in [4.78, 5) is 6.26. The number of hydrogen-bond acceptors (Lipinski definition) is 4. The molecule has 1 unspecified atom stereocenters. The number of thiazole rings is 1. The van der Waals surface area contributed by atoms with Gasteiger partial charge in [0.2, 0.25) is 0 Å². The number of hydrogen-bond donors (Lipinski definition) is 1. The van der Waals surface area contributed by atoms with Crippen LogP contribution in [-0.2, 0) is 16.7 Å². The van der Waals surface area contributed by atoms with Crippen LogP contribution in [-0.4, -0.2) is 18.1 Å². The predicted molar refractivity (Wildman–Crippen MR) is 87.5 cm³/mol. The van der Waals surface area contributed by atoms with Crippen LogP contribution < -0.4 is 5.32 Å². The lowest BCUT2D eigenvalue weighted by Crippen LogP contribution is -2.19. The molecule has 0 saturated heterocycles. The normalized spacial score (nSPS) is 13.7. The lowest BCUT2D eigenvalue weighted by Gasteiger charge is -2.18. The standard InChI is InChI=1S/C16H30N2OS/c1-7-10-17-11-13-14(16(4,5)6)18-15(20-13)12(8-2)19-9-3/h12,17H,7-11H2,1-6H3. The molecule has 0 aromatic carbocycles. The van der Waals surface area contributed by atoms with Crippen molar-refractivity contribution >= 4 is 11.3 Å². The highest BCUT2D eigenvalue weighted by Crippen LogP contribution is 2.34. The van der Waals surface area contributed by atoms with Crippen LogP contribution in [0.3, 0.4) is 0 Å². The van der Waals surface area contributed by atoms with Gasteiger partial charge in [0.15, 0.2) is 0 Å². The fourth-order valence-electron chi connectivity index (χ4n) is 2.16. The van der Waals surface area contributed by atoms with Crippen LogP contribution in [0.15, 0.2) is 0 Å². The van der Waals surface area contributed by atoms with E-state index in [4.69, 9.17) is 9.72 Å². The molecule has 0 spiro atoms. The lowest BCUT2D eigenvalue weighted by molar-refractivity contribution is 0.0594. The highest BCUT2D eigenvalue weighted by Gasteiger charge is 2.25. The quantitative estimate of drug-likeness (QED) is 0.721. The fourth-order valence-corrected chi connectivity index (χ4v) is 3.54. The summed E-state index contributed by atoms with van der Waals surface area (Å²) < 4.78 is 5.81. The van der Waals surface area contributed by atoms with E-state index in [2.05, 4.69) is 39.9 Å². The van der Waals surface area contributed by atoms with Crippen LogP contribution >= 0.6 is 11.3 Å². The van der Waals surface area contributed by atoms with Crippen LogP contribution in [0.2, 0.25) is 0 Å². The molecule has 0 aliphatic carbocycles. The van der Waals surface area contributed by atoms with Crippen molar-refractivity contribution in [1.29, 1.82) is 0 Å². The van der Waals surface area contributed by atoms with Crippen molar-refractivity contribution in [2.24, 2.45) is 0 Å². The Labute approximate surface area is 128 Å². The van der Waals surface area contributed by atoms with Crippen molar-refractivity contribution in [2.75, 3.05) is 13.2 Å². The third-order valence-corrected chi connectivity index (χ3v) is 4.30. The molecule has 0 aliphatic rings. The van der Waals surface area contributed by atoms with Gasteiger partial charge in [-0.15, -0.1) is 11.3 Å². The summed E-state index contributed by atoms with van der Waals surface area (Å²) in [6.45, 7) is 15.8. The van der Waals surface area contributed by atoms with E-state index in [0.717, 1.165) is 37.5 Å². The van der Waals surface area contributed by atoms with Gasteiger partial charge in [0.25, 0.3) is 0 Å². The van der Waals surface area contributed by atoms with Crippen molar-refractivity contribution in [2.45, 2.75) is 72.4 Å². The van der Waals surface area contributed by atoms with Crippen molar-refractivity contribution in [3.8, 4) is 0 Å². The van der Waals surface area contributed by atoms with Gasteiger partial charge in [-0.25, -0.2) is 4.98 Å². The fraction of sp³-hybridized carbons (Fsp3) is 0.812. The van der Waals surface area contributed by atoms with Crippen molar-refractivity contribution < 1.29 is 4.74 Å². The van der Waals surface area contributed by atoms with Crippen LogP contribution in [0.1, 0.15) is 76.1 Å². The summed E-state index contributed by atoms with van der Waals surface area (Å²) in [5, 5.41) is 4.63. The first-order valence-electron chi connectivity index (χ1n) is 7.76. The van der Waals surface area contributed by atoms with Crippen LogP contribution in [0.5, 0.6) is 0 Å². The van der Waals surface area contributed by atoms with E-state index in [1.165, 1.54) is 10.6 Å². The van der Waals surface area contributed by atoms with Gasteiger partial charge in [-0.3, -0.25) is 0 Å². The minimum atomic E-state index is 0.0858. The zero-order valence-electron chi connectivity index (χ0n) is 13.9. The molecule has 1 heterocycles. The summed E-state index contributed by atoms with van der Waals surface area (Å²) in [5.74, 6) is 0. The Hall–Kier alpha value is -0.450. The van der Waals surface area contributed by atoms with Gasteiger partial charge in [-0.1, -0.05) is 34.6 Å². The Kier molecular flexibility index (Phi) is 7.13. The van der Waals surface area contributed by atoms with E-state index in [1.807, 2.05) is 18.3 Å². The molecular weight excluding hydrogens is 268 g/mol. The Morgan fingerprint density at radius 3 is 2.45 bits per heavy atom. The number of nitrogens with zero attached hydrogens (tertiary/aromatic N) is 1. The summed E-state index contributed by atoms with van der Waals surface area (Å²) in [7, 11) is 0. The highest BCUT2D eigenvalue weighted by molar-refractivity contribution is 7.11. The second kappa shape index (κ2) is 8.11. The number of nitrogens with one attached hydrogen (secondary N) is 1. The maximum atomic E-state index is 5.81. The molecule has 0 amide bonds. The first-order valence-corrected chi connectivity index (χ1v) is 8.58. The zero-order chi connectivity index (χ0) is 15.2. The van der Waals surface area contributed by atoms with Gasteiger partial charge >= 0.3 is 0 Å². The van der Waals surface area contributed by atoms with Gasteiger partial charge < -0.3 is 10.1 Å². The van der Waals surface area contributed by atoms with Crippen molar-refractivity contribution in [3.63, 3.8) is 0 Å². The summed E-state index contributed by atoms with van der Waals surface area (Å²) in [5.41, 5.74) is 1.31. The Morgan fingerprint density at radius 1 is 1.25 bits per heavy atom. The Morgan fingerprint density at radius 2 is 1.95 bits per heavy atom. The van der Waals surface area contributed by atoms with Gasteiger partial charge in [-0.05, 0) is 26.3 Å². The third kappa shape index (κ3) is 4.83. The zero-order valence-corrected chi connectivity index (χ0v) is 14.7. The van der Waals surface area contributed by atoms with Crippen LogP contribution in [0.25, 0.3) is 0 Å². The van der Waals surface area contributed by atoms with Crippen molar-refractivity contribution in [3.05, 3.63) is 15.6 Å². The van der Waals surface area contributed by atoms with Gasteiger partial charge in [0, 0.05) is 23.4 Å². The topological polar surface area (TPSA) is 34.1 Å². The highest BCUT2D eigenvalue weighted by atomic mass is 32.1. The Balaban J connectivity index is 2.98. The number of rotatable bonds is 8. The summed E-state index contributed by atoms with van der Waals surface area (Å²) in [6, 6.07) is 0. The molecule has 3 nitrogen and oxygen atoms in total. The first-order chi connectivity index (χ1) is 9.43. The molecule has 0 saturated carbocycles. The smallest absolute Gasteiger partial charge is 0.122 e. The minimum absolute atomic E-state index is 0.0858. The second-order valence-electron chi connectivity index (χ2n) is 6.10. The van der Waals surface area contributed by atoms with E-state index in [9.17, 15) is 0 Å². The minimum Gasteiger partial charge on any atom is -0.371 e. The molecule has 4 heteroatoms. The monoisotopic (exact) mass is 298 g/mol. The molecule has 116 valence electrons. The van der Waals surface area contributed by atoms with E-state index >= 15 is 0 Å². The Bertz CT molecular complexity index is 396. The van der Waals surface area contributed by atoms with E-state index in [1.54, 1.807) is 0 Å². The first kappa shape index (κ1) is 17.6. The molecular formula is C16H30N2OS. The molecule has 0 aliphatic heterocycles.